The molecule has 30 heavy (non-hydrogen) atoms. The molecule has 2 heterocycles. The Kier molecular flexibility index (Phi) is 6.18. The van der Waals surface area contributed by atoms with Crippen molar-refractivity contribution in [1.29, 1.82) is 0 Å². The van der Waals surface area contributed by atoms with Crippen LogP contribution in [0.15, 0.2) is 41.8 Å². The number of carbonyl (C=O) groups excluding carboxylic acids is 2. The Morgan fingerprint density at radius 1 is 1.17 bits per heavy atom. The van der Waals surface area contributed by atoms with Gasteiger partial charge >= 0.3 is 0 Å². The molecular weight excluding hydrogens is 405 g/mol. The van der Waals surface area contributed by atoms with Gasteiger partial charge in [-0.2, -0.15) is 0 Å². The Balaban J connectivity index is 1.44. The first-order valence-corrected chi connectivity index (χ1v) is 10.8. The van der Waals surface area contributed by atoms with Crippen LogP contribution in [0.25, 0.3) is 16.4 Å². The van der Waals surface area contributed by atoms with Gasteiger partial charge in [0.15, 0.2) is 5.82 Å². The van der Waals surface area contributed by atoms with E-state index in [2.05, 4.69) is 20.7 Å². The second-order valence-corrected chi connectivity index (χ2v) is 8.13. The van der Waals surface area contributed by atoms with Gasteiger partial charge in [0, 0.05) is 19.0 Å². The third kappa shape index (κ3) is 4.73. The molecule has 1 fully saturated rings. The third-order valence-electron chi connectivity index (χ3n) is 4.98. The highest BCUT2D eigenvalue weighted by molar-refractivity contribution is 7.13. The van der Waals surface area contributed by atoms with Crippen molar-refractivity contribution in [2.45, 2.75) is 38.1 Å². The molecule has 0 aliphatic heterocycles. The predicted molar refractivity (Wildman–Crippen MR) is 112 cm³/mol. The summed E-state index contributed by atoms with van der Waals surface area (Å²) in [6.07, 6.45) is 4.55. The number of halogens is 1. The van der Waals surface area contributed by atoms with E-state index in [1.165, 1.54) is 28.2 Å². The van der Waals surface area contributed by atoms with Gasteiger partial charge in [-0.25, -0.2) is 14.1 Å². The minimum Gasteiger partial charge on any atom is -0.353 e. The lowest BCUT2D eigenvalue weighted by Crippen LogP contribution is -2.35. The fourth-order valence-corrected chi connectivity index (χ4v) is 4.17. The van der Waals surface area contributed by atoms with Crippen LogP contribution in [0.3, 0.4) is 0 Å². The maximum absolute atomic E-state index is 13.3. The first-order chi connectivity index (χ1) is 14.6. The summed E-state index contributed by atoms with van der Waals surface area (Å²) in [5.74, 6) is -0.376. The van der Waals surface area contributed by atoms with Crippen molar-refractivity contribution in [3.63, 3.8) is 0 Å². The maximum Gasteiger partial charge on any atom is 0.291 e. The van der Waals surface area contributed by atoms with Gasteiger partial charge in [-0.05, 0) is 48.6 Å². The predicted octanol–water partition coefficient (Wildman–Crippen LogP) is 3.31. The third-order valence-corrected chi connectivity index (χ3v) is 5.85. The number of nitrogens with one attached hydrogen (secondary N) is 2. The molecule has 0 bridgehead atoms. The molecule has 0 spiro atoms. The molecule has 9 heteroatoms. The second kappa shape index (κ2) is 9.17. The normalized spacial score (nSPS) is 14.0. The molecule has 3 aromatic rings. The van der Waals surface area contributed by atoms with E-state index in [4.69, 9.17) is 0 Å². The van der Waals surface area contributed by atoms with Crippen molar-refractivity contribution in [2.24, 2.45) is 0 Å². The summed E-state index contributed by atoms with van der Waals surface area (Å²) >= 11 is 1.47. The Bertz CT molecular complexity index is 1010. The first kappa shape index (κ1) is 20.2. The summed E-state index contributed by atoms with van der Waals surface area (Å²) in [4.78, 5) is 29.8. The van der Waals surface area contributed by atoms with Crippen LogP contribution in [-0.4, -0.2) is 39.2 Å². The van der Waals surface area contributed by atoms with Gasteiger partial charge in [0.05, 0.1) is 10.6 Å². The van der Waals surface area contributed by atoms with Gasteiger partial charge in [-0.3, -0.25) is 9.59 Å². The first-order valence-electron chi connectivity index (χ1n) is 9.94. The summed E-state index contributed by atoms with van der Waals surface area (Å²) in [5, 5.41) is 11.9. The van der Waals surface area contributed by atoms with Crippen molar-refractivity contribution < 1.29 is 14.0 Å². The molecule has 0 radical (unpaired) electrons. The number of rotatable bonds is 7. The minimum absolute atomic E-state index is 0.000994. The van der Waals surface area contributed by atoms with E-state index >= 15 is 0 Å². The van der Waals surface area contributed by atoms with Gasteiger partial charge in [0.1, 0.15) is 5.82 Å². The largest absolute Gasteiger partial charge is 0.353 e. The summed E-state index contributed by atoms with van der Waals surface area (Å²) in [5.41, 5.74) is 0.599. The smallest absolute Gasteiger partial charge is 0.291 e. The highest BCUT2D eigenvalue weighted by Crippen LogP contribution is 2.25. The molecule has 0 unspecified atom stereocenters. The zero-order chi connectivity index (χ0) is 20.9. The molecule has 0 atom stereocenters. The van der Waals surface area contributed by atoms with Crippen LogP contribution in [0.2, 0.25) is 0 Å². The second-order valence-electron chi connectivity index (χ2n) is 7.18. The van der Waals surface area contributed by atoms with E-state index in [0.717, 1.165) is 30.6 Å². The van der Waals surface area contributed by atoms with Crippen LogP contribution < -0.4 is 10.6 Å². The summed E-state index contributed by atoms with van der Waals surface area (Å²) < 4.78 is 14.8. The van der Waals surface area contributed by atoms with Crippen LogP contribution in [0.4, 0.5) is 4.39 Å². The fraction of sp³-hybridized carbons (Fsp3) is 0.333. The average Bonchev–Trinajstić information content (AvgIpc) is 3.49. The van der Waals surface area contributed by atoms with Crippen LogP contribution >= 0.6 is 11.3 Å². The zero-order valence-corrected chi connectivity index (χ0v) is 17.1. The molecule has 2 aromatic heterocycles. The Morgan fingerprint density at radius 2 is 1.93 bits per heavy atom. The highest BCUT2D eigenvalue weighted by atomic mass is 32.1. The Morgan fingerprint density at radius 3 is 2.63 bits per heavy atom. The zero-order valence-electron chi connectivity index (χ0n) is 16.3. The van der Waals surface area contributed by atoms with Crippen molar-refractivity contribution >= 4 is 23.2 Å². The molecule has 2 N–H and O–H groups in total. The van der Waals surface area contributed by atoms with Gasteiger partial charge in [-0.1, -0.05) is 18.9 Å². The van der Waals surface area contributed by atoms with E-state index in [1.807, 2.05) is 17.5 Å². The molecule has 4 rings (SSSR count). The standard InChI is InChI=1S/C21H22FN5O2S/c22-14-7-9-16(10-8-14)27-20(17-6-3-13-30-17)25-19(26-27)21(29)23-12-11-18(28)24-15-4-1-2-5-15/h3,6-10,13,15H,1-2,4-5,11-12H2,(H,23,29)(H,24,28). The number of aromatic nitrogens is 3. The van der Waals surface area contributed by atoms with Gasteiger partial charge in [0.25, 0.3) is 5.91 Å². The number of carbonyl (C=O) groups is 2. The highest BCUT2D eigenvalue weighted by Gasteiger charge is 2.20. The van der Waals surface area contributed by atoms with Crippen molar-refractivity contribution in [3.8, 4) is 16.4 Å². The van der Waals surface area contributed by atoms with Gasteiger partial charge < -0.3 is 10.6 Å². The van der Waals surface area contributed by atoms with Crippen molar-refractivity contribution in [2.75, 3.05) is 6.54 Å². The molecule has 2 amide bonds. The Hall–Kier alpha value is -3.07. The number of amides is 2. The molecule has 0 saturated heterocycles. The molecule has 7 nitrogen and oxygen atoms in total. The number of benzene rings is 1. The summed E-state index contributed by atoms with van der Waals surface area (Å²) in [6.45, 7) is 0.205. The Labute approximate surface area is 177 Å². The number of nitrogens with zero attached hydrogens (tertiary/aromatic N) is 3. The summed E-state index contributed by atoms with van der Waals surface area (Å²) in [7, 11) is 0. The van der Waals surface area contributed by atoms with Gasteiger partial charge in [-0.15, -0.1) is 16.4 Å². The van der Waals surface area contributed by atoms with Crippen molar-refractivity contribution in [1.82, 2.24) is 25.4 Å². The SMILES string of the molecule is O=C(CCNC(=O)c1nc(-c2cccs2)n(-c2ccc(F)cc2)n1)NC1CCCC1. The quantitative estimate of drug-likeness (QED) is 0.605. The van der Waals surface area contributed by atoms with Crippen LogP contribution in [0.5, 0.6) is 0 Å². The number of thiophene rings is 1. The lowest BCUT2D eigenvalue weighted by molar-refractivity contribution is -0.121. The molecule has 1 saturated carbocycles. The van der Waals surface area contributed by atoms with E-state index in [-0.39, 0.29) is 36.6 Å². The van der Waals surface area contributed by atoms with Gasteiger partial charge in [0.2, 0.25) is 11.7 Å². The van der Waals surface area contributed by atoms with E-state index in [0.29, 0.717) is 11.5 Å². The molecule has 1 aliphatic carbocycles. The van der Waals surface area contributed by atoms with Crippen LogP contribution in [-0.2, 0) is 4.79 Å². The van der Waals surface area contributed by atoms with Crippen molar-refractivity contribution in [3.05, 3.63) is 53.4 Å². The maximum atomic E-state index is 13.3. The van der Waals surface area contributed by atoms with E-state index in [9.17, 15) is 14.0 Å². The van der Waals surface area contributed by atoms with E-state index < -0.39 is 5.91 Å². The molecule has 1 aromatic carbocycles. The summed E-state index contributed by atoms with van der Waals surface area (Å²) in [6, 6.07) is 9.84. The monoisotopic (exact) mass is 427 g/mol. The minimum atomic E-state index is -0.456. The topological polar surface area (TPSA) is 88.9 Å². The lowest BCUT2D eigenvalue weighted by Gasteiger charge is -2.11. The molecule has 1 aliphatic rings. The molecular formula is C21H22FN5O2S. The van der Waals surface area contributed by atoms with Crippen LogP contribution in [0, 0.1) is 5.82 Å². The fourth-order valence-electron chi connectivity index (χ4n) is 3.47. The van der Waals surface area contributed by atoms with E-state index in [1.54, 1.807) is 12.1 Å². The number of hydrogen-bond donors (Lipinski definition) is 2. The lowest BCUT2D eigenvalue weighted by atomic mass is 10.2. The molecule has 156 valence electrons. The average molecular weight is 428 g/mol. The van der Waals surface area contributed by atoms with Crippen LogP contribution in [0.1, 0.15) is 42.7 Å². The number of hydrogen-bond acceptors (Lipinski definition) is 5.